The van der Waals surface area contributed by atoms with Gasteiger partial charge in [-0.3, -0.25) is 4.90 Å². The van der Waals surface area contributed by atoms with Crippen LogP contribution in [-0.4, -0.2) is 18.7 Å². The van der Waals surface area contributed by atoms with Gasteiger partial charge in [0.1, 0.15) is 0 Å². The summed E-state index contributed by atoms with van der Waals surface area (Å²) in [5.41, 5.74) is 4.73. The average Bonchev–Trinajstić information content (AvgIpc) is 2.94. The van der Waals surface area contributed by atoms with Gasteiger partial charge in [0.05, 0.1) is 30.4 Å². The summed E-state index contributed by atoms with van der Waals surface area (Å²) in [6, 6.07) is 26.6. The summed E-state index contributed by atoms with van der Waals surface area (Å²) in [5, 5.41) is 0. The second-order valence-corrected chi connectivity index (χ2v) is 9.34. The highest BCUT2D eigenvalue weighted by Gasteiger charge is 2.37. The number of para-hydroxylation sites is 1. The Labute approximate surface area is 233 Å². The maximum absolute atomic E-state index is 13.4. The molecule has 2 N–H and O–H groups in total. The van der Waals surface area contributed by atoms with E-state index < -0.39 is 48.1 Å². The van der Waals surface area contributed by atoms with E-state index in [9.17, 15) is 31.1 Å². The highest BCUT2D eigenvalue weighted by Crippen LogP contribution is 2.37. The van der Waals surface area contributed by atoms with E-state index in [2.05, 4.69) is 0 Å². The lowest BCUT2D eigenvalue weighted by Crippen LogP contribution is -2.49. The number of carbonyl (C=O) groups excluding carboxylic acids is 1. The van der Waals surface area contributed by atoms with E-state index in [1.54, 1.807) is 30.3 Å². The van der Waals surface area contributed by atoms with E-state index >= 15 is 0 Å². The molecule has 4 aromatic rings. The number of hydrogen-bond donors (Lipinski definition) is 1. The third-order valence-electron chi connectivity index (χ3n) is 6.51. The standard InChI is InChI=1S/C31H26F6N2O2/c32-30(33,34)24-16-21(17-25(18-24)31(35,36)37)19-41-20-27(39(29(38)40)26-14-8-3-9-15-26)28(22-10-4-1-5-11-22)23-12-6-2-7-13-23/h1-18,27-28H,19-20H2,(H2,38,40). The summed E-state index contributed by atoms with van der Waals surface area (Å²) < 4.78 is 86.1. The van der Waals surface area contributed by atoms with E-state index in [0.717, 1.165) is 11.1 Å². The van der Waals surface area contributed by atoms with Crippen molar-refractivity contribution in [1.29, 1.82) is 0 Å². The number of anilines is 1. The molecule has 0 aromatic heterocycles. The minimum Gasteiger partial charge on any atom is -0.375 e. The van der Waals surface area contributed by atoms with Gasteiger partial charge in [0.15, 0.2) is 0 Å². The van der Waals surface area contributed by atoms with Crippen molar-refractivity contribution in [2.24, 2.45) is 5.73 Å². The van der Waals surface area contributed by atoms with E-state index in [-0.39, 0.29) is 18.2 Å². The number of hydrogen-bond acceptors (Lipinski definition) is 2. The Hall–Kier alpha value is -4.31. The molecule has 0 saturated heterocycles. The molecule has 0 aliphatic carbocycles. The zero-order valence-corrected chi connectivity index (χ0v) is 21.6. The van der Waals surface area contributed by atoms with Crippen LogP contribution >= 0.6 is 0 Å². The zero-order chi connectivity index (χ0) is 29.6. The van der Waals surface area contributed by atoms with Crippen LogP contribution in [0.4, 0.5) is 36.8 Å². The predicted molar refractivity (Wildman–Crippen MR) is 143 cm³/mol. The summed E-state index contributed by atoms with van der Waals surface area (Å²) in [7, 11) is 0. The number of urea groups is 1. The Morgan fingerprint density at radius 1 is 0.707 bits per heavy atom. The lowest BCUT2D eigenvalue weighted by atomic mass is 9.84. The lowest BCUT2D eigenvalue weighted by molar-refractivity contribution is -0.143. The highest BCUT2D eigenvalue weighted by atomic mass is 19.4. The Kier molecular flexibility index (Phi) is 9.02. The number of primary amides is 1. The molecule has 4 nitrogen and oxygen atoms in total. The van der Waals surface area contributed by atoms with Gasteiger partial charge in [0, 0.05) is 11.6 Å². The summed E-state index contributed by atoms with van der Waals surface area (Å²) in [4.78, 5) is 14.2. The molecule has 0 bridgehead atoms. The van der Waals surface area contributed by atoms with Crippen LogP contribution in [0.25, 0.3) is 0 Å². The largest absolute Gasteiger partial charge is 0.416 e. The van der Waals surface area contributed by atoms with Gasteiger partial charge >= 0.3 is 18.4 Å². The maximum Gasteiger partial charge on any atom is 0.416 e. The quantitative estimate of drug-likeness (QED) is 0.207. The lowest BCUT2D eigenvalue weighted by Gasteiger charge is -2.37. The van der Waals surface area contributed by atoms with Crippen molar-refractivity contribution in [1.82, 2.24) is 0 Å². The average molecular weight is 573 g/mol. The molecule has 4 aromatic carbocycles. The number of amides is 2. The summed E-state index contributed by atoms with van der Waals surface area (Å²) in [6.45, 7) is -0.828. The molecule has 41 heavy (non-hydrogen) atoms. The monoisotopic (exact) mass is 572 g/mol. The number of nitrogens with zero attached hydrogens (tertiary/aromatic N) is 1. The highest BCUT2D eigenvalue weighted by molar-refractivity contribution is 5.91. The van der Waals surface area contributed by atoms with Crippen molar-refractivity contribution in [3.8, 4) is 0 Å². The molecule has 1 atom stereocenters. The van der Waals surface area contributed by atoms with Crippen LogP contribution in [0.1, 0.15) is 33.7 Å². The van der Waals surface area contributed by atoms with Crippen LogP contribution in [0.15, 0.2) is 109 Å². The van der Waals surface area contributed by atoms with E-state index in [4.69, 9.17) is 10.5 Å². The normalized spacial score (nSPS) is 12.8. The Balaban J connectivity index is 1.75. The van der Waals surface area contributed by atoms with Crippen LogP contribution < -0.4 is 10.6 Å². The maximum atomic E-state index is 13.4. The Morgan fingerprint density at radius 2 is 1.15 bits per heavy atom. The summed E-state index contributed by atoms with van der Waals surface area (Å²) in [5.74, 6) is -0.516. The second kappa shape index (κ2) is 12.5. The predicted octanol–water partition coefficient (Wildman–Crippen LogP) is 8.03. The van der Waals surface area contributed by atoms with Gasteiger partial charge in [-0.1, -0.05) is 78.9 Å². The van der Waals surface area contributed by atoms with Crippen molar-refractivity contribution in [2.75, 3.05) is 11.5 Å². The number of carbonyl (C=O) groups is 1. The van der Waals surface area contributed by atoms with Gasteiger partial charge in [0.2, 0.25) is 0 Å². The number of alkyl halides is 6. The van der Waals surface area contributed by atoms with Crippen molar-refractivity contribution in [2.45, 2.75) is 30.9 Å². The van der Waals surface area contributed by atoms with Gasteiger partial charge in [-0.15, -0.1) is 0 Å². The summed E-state index contributed by atoms with van der Waals surface area (Å²) in [6.07, 6.45) is -9.97. The minimum absolute atomic E-state index is 0.0668. The first-order valence-electron chi connectivity index (χ1n) is 12.5. The van der Waals surface area contributed by atoms with Crippen LogP contribution in [0.3, 0.4) is 0 Å². The van der Waals surface area contributed by atoms with E-state index in [0.29, 0.717) is 17.8 Å². The molecule has 0 heterocycles. The number of benzene rings is 4. The second-order valence-electron chi connectivity index (χ2n) is 9.34. The first kappa shape index (κ1) is 29.7. The molecule has 0 fully saturated rings. The number of rotatable bonds is 9. The molecular weight excluding hydrogens is 546 g/mol. The van der Waals surface area contributed by atoms with Crippen molar-refractivity contribution < 1.29 is 35.9 Å². The molecule has 4 rings (SSSR count). The molecular formula is C31H26F6N2O2. The van der Waals surface area contributed by atoms with E-state index in [1.165, 1.54) is 4.90 Å². The fourth-order valence-electron chi connectivity index (χ4n) is 4.75. The van der Waals surface area contributed by atoms with Crippen LogP contribution in [0, 0.1) is 0 Å². The fourth-order valence-corrected chi connectivity index (χ4v) is 4.75. The third kappa shape index (κ3) is 7.46. The molecule has 0 saturated carbocycles. The summed E-state index contributed by atoms with van der Waals surface area (Å²) >= 11 is 0. The van der Waals surface area contributed by atoms with Crippen LogP contribution in [-0.2, 0) is 23.7 Å². The number of halogens is 6. The molecule has 10 heteroatoms. The molecule has 1 unspecified atom stereocenters. The number of nitrogens with two attached hydrogens (primary N) is 1. The van der Waals surface area contributed by atoms with Crippen molar-refractivity contribution in [3.05, 3.63) is 137 Å². The molecule has 0 aliphatic heterocycles. The van der Waals surface area contributed by atoms with Gasteiger partial charge in [-0.25, -0.2) is 4.79 Å². The van der Waals surface area contributed by atoms with Gasteiger partial charge in [-0.05, 0) is 47.0 Å². The van der Waals surface area contributed by atoms with Crippen molar-refractivity contribution in [3.63, 3.8) is 0 Å². The van der Waals surface area contributed by atoms with Gasteiger partial charge in [-0.2, -0.15) is 26.3 Å². The first-order chi connectivity index (χ1) is 19.4. The topological polar surface area (TPSA) is 55.6 Å². The van der Waals surface area contributed by atoms with Crippen molar-refractivity contribution >= 4 is 11.7 Å². The van der Waals surface area contributed by atoms with Gasteiger partial charge < -0.3 is 10.5 Å². The van der Waals surface area contributed by atoms with Gasteiger partial charge in [0.25, 0.3) is 0 Å². The molecule has 214 valence electrons. The first-order valence-corrected chi connectivity index (χ1v) is 12.5. The molecule has 2 amide bonds. The van der Waals surface area contributed by atoms with Crippen LogP contribution in [0.5, 0.6) is 0 Å². The fraction of sp³-hybridized carbons (Fsp3) is 0.194. The number of ether oxygens (including phenoxy) is 1. The molecule has 0 radical (unpaired) electrons. The zero-order valence-electron chi connectivity index (χ0n) is 21.6. The SMILES string of the molecule is NC(=O)N(c1ccccc1)C(COCc1cc(C(F)(F)F)cc(C(F)(F)F)c1)C(c1ccccc1)c1ccccc1. The van der Waals surface area contributed by atoms with E-state index in [1.807, 2.05) is 60.7 Å². The smallest absolute Gasteiger partial charge is 0.375 e. The molecule has 0 spiro atoms. The third-order valence-corrected chi connectivity index (χ3v) is 6.51. The Morgan fingerprint density at radius 3 is 1.56 bits per heavy atom. The molecule has 0 aliphatic rings. The Bertz CT molecular complexity index is 1360. The minimum atomic E-state index is -4.99. The van der Waals surface area contributed by atoms with Crippen LogP contribution in [0.2, 0.25) is 0 Å².